The van der Waals surface area contributed by atoms with Crippen LogP contribution in [-0.2, 0) is 26.8 Å². The number of nitrogens with two attached hydrogens (primary N) is 1. The fourth-order valence-electron chi connectivity index (χ4n) is 3.44. The fraction of sp³-hybridized carbons (Fsp3) is 0.462. The summed E-state index contributed by atoms with van der Waals surface area (Å²) in [7, 11) is 2.78. The zero-order valence-corrected chi connectivity index (χ0v) is 25.3. The molecule has 4 N–H and O–H groups in total. The van der Waals surface area contributed by atoms with E-state index in [-0.39, 0.29) is 21.1 Å². The van der Waals surface area contributed by atoms with Crippen molar-refractivity contribution in [3.63, 3.8) is 0 Å². The summed E-state index contributed by atoms with van der Waals surface area (Å²) in [5.41, 5.74) is 8.69. The number of hydrogen-bond donors (Lipinski definition) is 3. The predicted octanol–water partition coefficient (Wildman–Crippen LogP) is 5.53. The molecule has 2 atom stereocenters. The number of nitrogens with one attached hydrogen (secondary N) is 1. The van der Waals surface area contributed by atoms with Gasteiger partial charge in [0.2, 0.25) is 0 Å². The van der Waals surface area contributed by atoms with Crippen molar-refractivity contribution in [3.05, 3.63) is 77.7 Å². The van der Waals surface area contributed by atoms with Crippen LogP contribution in [0.2, 0.25) is 0 Å². The second-order valence-electron chi connectivity index (χ2n) is 8.83. The van der Waals surface area contributed by atoms with Gasteiger partial charge in [0, 0.05) is 57.2 Å². The Balaban J connectivity index is 0.000000223. The number of nitrogens with zero attached hydrogens (tertiary/aromatic N) is 2. The number of rotatable bonds is 9. The standard InChI is InChI=1S/C13H18N4OS.C7H15P.C6H3F2.W/c14-11-3-1-10(2-4-11)9-19-17-6-5-16(17)13(8-18)12-7-15-12;8-6-2-1-3-7-4-5-7;7-5-2-1-3-6(8)4-5;/h1-4,8,12,15,18H,5-7,9,14H2;7H,1-6,8H2;2-4H;/q;;-1;/b13-8-;;;. The first-order chi connectivity index (χ1) is 17.0. The number of hydrogen-bond acceptors (Lipinski definition) is 6. The van der Waals surface area contributed by atoms with E-state index in [1.165, 1.54) is 50.1 Å². The van der Waals surface area contributed by atoms with Crippen LogP contribution in [0.15, 0.2) is 54.4 Å². The zero-order valence-electron chi connectivity index (χ0n) is 20.4. The summed E-state index contributed by atoms with van der Waals surface area (Å²) in [4.78, 5) is 0. The Morgan fingerprint density at radius 3 is 2.28 bits per heavy atom. The summed E-state index contributed by atoms with van der Waals surface area (Å²) in [5, 5.41) is 14.7. The van der Waals surface area contributed by atoms with E-state index < -0.39 is 11.6 Å². The summed E-state index contributed by atoms with van der Waals surface area (Å²) in [6, 6.07) is 13.5. The van der Waals surface area contributed by atoms with E-state index in [4.69, 9.17) is 5.73 Å². The minimum Gasteiger partial charge on any atom is -0.514 e. The van der Waals surface area contributed by atoms with Gasteiger partial charge in [-0.2, -0.15) is 10.5 Å². The van der Waals surface area contributed by atoms with Gasteiger partial charge in [-0.15, -0.1) is 27.4 Å². The molecular formula is C26H36F2N4OPSW-. The van der Waals surface area contributed by atoms with Crippen molar-refractivity contribution in [2.24, 2.45) is 5.92 Å². The van der Waals surface area contributed by atoms with E-state index in [9.17, 15) is 13.9 Å². The van der Waals surface area contributed by atoms with Crippen LogP contribution < -0.4 is 11.1 Å². The first-order valence-electron chi connectivity index (χ1n) is 12.1. The summed E-state index contributed by atoms with van der Waals surface area (Å²) >= 11 is 1.76. The molecule has 0 amide bonds. The second-order valence-corrected chi connectivity index (χ2v) is 10.4. The van der Waals surface area contributed by atoms with Gasteiger partial charge in [0.15, 0.2) is 0 Å². The first-order valence-corrected chi connectivity index (χ1v) is 13.9. The number of aliphatic hydroxyl groups is 1. The van der Waals surface area contributed by atoms with E-state index >= 15 is 0 Å². The van der Waals surface area contributed by atoms with Crippen LogP contribution in [0.25, 0.3) is 0 Å². The van der Waals surface area contributed by atoms with Crippen LogP contribution in [0.4, 0.5) is 14.5 Å². The number of nitrogen functional groups attached to an aromatic ring is 1. The normalized spacial score (nSPS) is 18.6. The van der Waals surface area contributed by atoms with E-state index in [1.807, 2.05) is 12.1 Å². The monoisotopic (exact) mass is 705 g/mol. The Kier molecular flexibility index (Phi) is 14.3. The van der Waals surface area contributed by atoms with Crippen LogP contribution in [-0.4, -0.2) is 46.4 Å². The number of benzene rings is 2. The molecule has 0 bridgehead atoms. The third kappa shape index (κ3) is 11.5. The second kappa shape index (κ2) is 16.6. The average Bonchev–Trinajstić information content (AvgIpc) is 3.74. The quantitative estimate of drug-likeness (QED) is 0.0607. The van der Waals surface area contributed by atoms with Crippen molar-refractivity contribution < 1.29 is 35.0 Å². The Morgan fingerprint density at radius 2 is 1.83 bits per heavy atom. The van der Waals surface area contributed by atoms with Crippen molar-refractivity contribution in [2.75, 3.05) is 31.5 Å². The smallest absolute Gasteiger partial charge is 0.101 e. The Morgan fingerprint density at radius 1 is 1.17 bits per heavy atom. The van der Waals surface area contributed by atoms with Crippen LogP contribution in [0, 0.1) is 23.6 Å². The van der Waals surface area contributed by atoms with Gasteiger partial charge in [-0.3, -0.25) is 13.8 Å². The van der Waals surface area contributed by atoms with E-state index in [2.05, 4.69) is 42.2 Å². The van der Waals surface area contributed by atoms with Gasteiger partial charge < -0.3 is 16.2 Å². The maximum Gasteiger partial charge on any atom is 0.101 e. The Bertz CT molecular complexity index is 915. The molecule has 5 rings (SSSR count). The van der Waals surface area contributed by atoms with Crippen molar-refractivity contribution in [1.29, 1.82) is 0 Å². The molecule has 2 aromatic rings. The summed E-state index contributed by atoms with van der Waals surface area (Å²) in [6.45, 7) is 2.95. The van der Waals surface area contributed by atoms with E-state index in [0.717, 1.165) is 60.9 Å². The topological polar surface area (TPSA) is 74.7 Å². The van der Waals surface area contributed by atoms with Gasteiger partial charge in [0.05, 0.1) is 18.3 Å². The van der Waals surface area contributed by atoms with Gasteiger partial charge >= 0.3 is 0 Å². The molecule has 10 heteroatoms. The molecule has 0 aromatic heterocycles. The number of hydrazine groups is 1. The van der Waals surface area contributed by atoms with Crippen molar-refractivity contribution >= 4 is 26.9 Å². The molecule has 36 heavy (non-hydrogen) atoms. The molecule has 0 radical (unpaired) electrons. The van der Waals surface area contributed by atoms with Crippen molar-refractivity contribution in [2.45, 2.75) is 43.9 Å². The van der Waals surface area contributed by atoms with Gasteiger partial charge in [0.25, 0.3) is 0 Å². The largest absolute Gasteiger partial charge is 0.514 e. The number of anilines is 1. The number of aliphatic hydroxyl groups excluding tert-OH is 1. The van der Waals surface area contributed by atoms with Crippen molar-refractivity contribution in [1.82, 2.24) is 14.7 Å². The van der Waals surface area contributed by atoms with Crippen molar-refractivity contribution in [3.8, 4) is 0 Å². The molecule has 5 nitrogen and oxygen atoms in total. The molecule has 2 aliphatic heterocycles. The third-order valence-electron chi connectivity index (χ3n) is 5.81. The molecule has 2 aromatic carbocycles. The molecule has 1 aliphatic carbocycles. The number of unbranched alkanes of at least 4 members (excludes halogenated alkanes) is 1. The molecule has 3 aliphatic rings. The molecule has 1 saturated carbocycles. The fourth-order valence-corrected chi connectivity index (χ4v) is 4.75. The van der Waals surface area contributed by atoms with Gasteiger partial charge in [-0.05, 0) is 36.2 Å². The van der Waals surface area contributed by atoms with Crippen LogP contribution in [0.5, 0.6) is 0 Å². The summed E-state index contributed by atoms with van der Waals surface area (Å²) in [6.07, 6.45) is 9.96. The zero-order chi connectivity index (χ0) is 25.0. The van der Waals surface area contributed by atoms with Gasteiger partial charge in [0.1, 0.15) is 6.26 Å². The molecule has 198 valence electrons. The molecule has 3 fully saturated rings. The van der Waals surface area contributed by atoms with E-state index in [1.54, 1.807) is 11.9 Å². The van der Waals surface area contributed by atoms with Gasteiger partial charge in [-0.25, -0.2) is 0 Å². The number of halogens is 2. The van der Waals surface area contributed by atoms with Crippen LogP contribution >= 0.6 is 21.2 Å². The summed E-state index contributed by atoms with van der Waals surface area (Å²) in [5.74, 6) is 0.870. The molecule has 2 unspecified atom stereocenters. The minimum atomic E-state index is -0.593. The van der Waals surface area contributed by atoms with E-state index in [0.29, 0.717) is 6.04 Å². The maximum atomic E-state index is 11.9. The SMILES string of the molecule is Fc1c[c-]cc(F)c1.Nc1ccc(CSN2CCN2/C(=C\O)C2CN2)cc1.PCCCCC1CC1.[W]. The molecule has 2 saturated heterocycles. The maximum absolute atomic E-state index is 11.9. The molecule has 2 heterocycles. The summed E-state index contributed by atoms with van der Waals surface area (Å²) < 4.78 is 26.0. The molecule has 0 spiro atoms. The Labute approximate surface area is 234 Å². The van der Waals surface area contributed by atoms with Crippen LogP contribution in [0.1, 0.15) is 37.7 Å². The first kappa shape index (κ1) is 31.0. The molecular weight excluding hydrogens is 669 g/mol. The Hall–Kier alpha value is -1.17. The minimum absolute atomic E-state index is 0. The third-order valence-corrected chi connectivity index (χ3v) is 7.36. The predicted molar refractivity (Wildman–Crippen MR) is 144 cm³/mol. The van der Waals surface area contributed by atoms with Gasteiger partial charge in [-0.1, -0.05) is 49.8 Å². The average molecular weight is 705 g/mol. The van der Waals surface area contributed by atoms with Crippen LogP contribution in [0.3, 0.4) is 0 Å².